The Morgan fingerprint density at radius 1 is 1.15 bits per heavy atom. The molecule has 1 aliphatic heterocycles. The summed E-state index contributed by atoms with van der Waals surface area (Å²) in [5.41, 5.74) is 6.20. The van der Waals surface area contributed by atoms with Gasteiger partial charge in [-0.15, -0.1) is 0 Å². The molecule has 1 aliphatic rings. The smallest absolute Gasteiger partial charge is 0.322 e. The highest BCUT2D eigenvalue weighted by Crippen LogP contribution is 2.39. The number of aromatic nitrogens is 1. The summed E-state index contributed by atoms with van der Waals surface area (Å²) in [6.45, 7) is 5.12. The molecule has 2 N–H and O–H groups in total. The predicted octanol–water partition coefficient (Wildman–Crippen LogP) is 6.71. The fourth-order valence-corrected chi connectivity index (χ4v) is 4.79. The zero-order valence-electron chi connectivity index (χ0n) is 18.7. The number of aromatic amines is 1. The summed E-state index contributed by atoms with van der Waals surface area (Å²) in [5.74, 6) is 0.665. The van der Waals surface area contributed by atoms with E-state index in [2.05, 4.69) is 41.5 Å². The Labute approximate surface area is 198 Å². The molecule has 3 aromatic carbocycles. The van der Waals surface area contributed by atoms with Crippen LogP contribution in [0.5, 0.6) is 5.75 Å². The first-order valence-corrected chi connectivity index (χ1v) is 11.6. The van der Waals surface area contributed by atoms with E-state index in [0.717, 1.165) is 28.6 Å². The van der Waals surface area contributed by atoms with E-state index in [9.17, 15) is 4.79 Å². The van der Waals surface area contributed by atoms with Crippen molar-refractivity contribution in [2.24, 2.45) is 0 Å². The quantitative estimate of drug-likeness (QED) is 0.356. The number of urea groups is 1. The minimum Gasteiger partial charge on any atom is -0.492 e. The molecule has 0 spiro atoms. The molecule has 1 aromatic heterocycles. The van der Waals surface area contributed by atoms with Crippen LogP contribution in [0.15, 0.2) is 66.7 Å². The maximum Gasteiger partial charge on any atom is 0.322 e. The molecule has 0 bridgehead atoms. The highest BCUT2D eigenvalue weighted by atomic mass is 35.5. The van der Waals surface area contributed by atoms with Gasteiger partial charge in [-0.2, -0.15) is 0 Å². The minimum absolute atomic E-state index is 0.157. The molecule has 0 saturated heterocycles. The number of aryl methyl sites for hydroxylation is 1. The van der Waals surface area contributed by atoms with Crippen LogP contribution >= 0.6 is 11.6 Å². The average molecular weight is 460 g/mol. The maximum absolute atomic E-state index is 13.6. The standard InChI is InChI=1S/C27H26ClN3O2/c1-3-33-24-7-5-4-6-23(24)30-27(32)31-15-14-20-21-16-19(28)12-13-22(21)29-25(20)26(31)18-10-8-17(2)9-11-18/h4-13,16,26,29H,3,14-15H2,1-2H3,(H,30,32). The summed E-state index contributed by atoms with van der Waals surface area (Å²) < 4.78 is 5.71. The summed E-state index contributed by atoms with van der Waals surface area (Å²) >= 11 is 6.30. The number of ether oxygens (including phenoxy) is 1. The monoisotopic (exact) mass is 459 g/mol. The lowest BCUT2D eigenvalue weighted by atomic mass is 9.92. The number of nitrogens with zero attached hydrogens (tertiary/aromatic N) is 1. The van der Waals surface area contributed by atoms with E-state index in [0.29, 0.717) is 29.6 Å². The number of halogens is 1. The van der Waals surface area contributed by atoms with Crippen LogP contribution in [0.2, 0.25) is 5.02 Å². The average Bonchev–Trinajstić information content (AvgIpc) is 3.18. The van der Waals surface area contributed by atoms with Gasteiger partial charge in [0.25, 0.3) is 0 Å². The Morgan fingerprint density at radius 3 is 2.73 bits per heavy atom. The lowest BCUT2D eigenvalue weighted by Gasteiger charge is -2.36. The first-order valence-electron chi connectivity index (χ1n) is 11.2. The van der Waals surface area contributed by atoms with Gasteiger partial charge in [0.2, 0.25) is 0 Å². The Bertz CT molecular complexity index is 1310. The lowest BCUT2D eigenvalue weighted by molar-refractivity contribution is 0.193. The van der Waals surface area contributed by atoms with Crippen molar-refractivity contribution in [1.82, 2.24) is 9.88 Å². The number of carbonyl (C=O) groups excluding carboxylic acids is 1. The van der Waals surface area contributed by atoms with Crippen molar-refractivity contribution in [3.8, 4) is 5.75 Å². The number of hydrogen-bond donors (Lipinski definition) is 2. The number of anilines is 1. The van der Waals surface area contributed by atoms with Crippen molar-refractivity contribution in [3.05, 3.63) is 94.1 Å². The van der Waals surface area contributed by atoms with Gasteiger partial charge in [0.05, 0.1) is 18.3 Å². The topological polar surface area (TPSA) is 57.4 Å². The third kappa shape index (κ3) is 4.05. The highest BCUT2D eigenvalue weighted by molar-refractivity contribution is 6.31. The number of H-pyrrole nitrogens is 1. The molecule has 33 heavy (non-hydrogen) atoms. The van der Waals surface area contributed by atoms with Crippen molar-refractivity contribution >= 4 is 34.2 Å². The van der Waals surface area contributed by atoms with Gasteiger partial charge in [-0.05, 0) is 61.7 Å². The number of benzene rings is 3. The van der Waals surface area contributed by atoms with Crippen LogP contribution < -0.4 is 10.1 Å². The molecule has 1 unspecified atom stereocenters. The number of hydrogen-bond acceptors (Lipinski definition) is 2. The van der Waals surface area contributed by atoms with Crippen molar-refractivity contribution in [2.75, 3.05) is 18.5 Å². The second-order valence-corrected chi connectivity index (χ2v) is 8.76. The van der Waals surface area contributed by atoms with Crippen molar-refractivity contribution < 1.29 is 9.53 Å². The Kier molecular flexibility index (Phi) is 5.73. The zero-order valence-corrected chi connectivity index (χ0v) is 19.4. The molecule has 6 heteroatoms. The third-order valence-corrected chi connectivity index (χ3v) is 6.41. The molecule has 0 saturated carbocycles. The molecular weight excluding hydrogens is 434 g/mol. The predicted molar refractivity (Wildman–Crippen MR) is 133 cm³/mol. The molecule has 0 radical (unpaired) electrons. The SMILES string of the molecule is CCOc1ccccc1NC(=O)N1CCc2c([nH]c3ccc(Cl)cc23)C1c1ccc(C)cc1. The fourth-order valence-electron chi connectivity index (χ4n) is 4.61. The summed E-state index contributed by atoms with van der Waals surface area (Å²) in [7, 11) is 0. The van der Waals surface area contributed by atoms with Gasteiger partial charge in [-0.3, -0.25) is 0 Å². The van der Waals surface area contributed by atoms with Crippen LogP contribution in [0.25, 0.3) is 10.9 Å². The van der Waals surface area contributed by atoms with E-state index >= 15 is 0 Å². The number of nitrogens with one attached hydrogen (secondary N) is 2. The highest BCUT2D eigenvalue weighted by Gasteiger charge is 2.35. The molecule has 168 valence electrons. The lowest BCUT2D eigenvalue weighted by Crippen LogP contribution is -2.43. The van der Waals surface area contributed by atoms with Gasteiger partial charge in [0.15, 0.2) is 0 Å². The van der Waals surface area contributed by atoms with E-state index in [1.807, 2.05) is 54.3 Å². The van der Waals surface area contributed by atoms with Gasteiger partial charge < -0.3 is 19.9 Å². The second kappa shape index (κ2) is 8.83. The first-order chi connectivity index (χ1) is 16.0. The zero-order chi connectivity index (χ0) is 22.9. The van der Waals surface area contributed by atoms with Crippen molar-refractivity contribution in [1.29, 1.82) is 0 Å². The maximum atomic E-state index is 13.6. The number of fused-ring (bicyclic) bond motifs is 3. The molecular formula is C27H26ClN3O2. The number of carbonyl (C=O) groups is 1. The van der Waals surface area contributed by atoms with Gasteiger partial charge in [-0.1, -0.05) is 53.6 Å². The van der Waals surface area contributed by atoms with E-state index in [1.54, 1.807) is 0 Å². The van der Waals surface area contributed by atoms with Crippen LogP contribution in [0, 0.1) is 6.92 Å². The van der Waals surface area contributed by atoms with Gasteiger partial charge in [-0.25, -0.2) is 4.79 Å². The van der Waals surface area contributed by atoms with Crippen LogP contribution in [-0.2, 0) is 6.42 Å². The van der Waals surface area contributed by atoms with Crippen LogP contribution in [0.4, 0.5) is 10.5 Å². The summed E-state index contributed by atoms with van der Waals surface area (Å²) in [6.07, 6.45) is 0.749. The van der Waals surface area contributed by atoms with Gasteiger partial charge in [0, 0.05) is 28.2 Å². The molecule has 0 aliphatic carbocycles. The molecule has 5 nitrogen and oxygen atoms in total. The van der Waals surface area contributed by atoms with E-state index < -0.39 is 0 Å². The second-order valence-electron chi connectivity index (χ2n) is 8.32. The third-order valence-electron chi connectivity index (χ3n) is 6.17. The van der Waals surface area contributed by atoms with Crippen LogP contribution in [-0.4, -0.2) is 29.1 Å². The molecule has 4 aromatic rings. The van der Waals surface area contributed by atoms with Gasteiger partial charge in [0.1, 0.15) is 5.75 Å². The number of rotatable bonds is 4. The molecule has 5 rings (SSSR count). The summed E-state index contributed by atoms with van der Waals surface area (Å²) in [4.78, 5) is 19.1. The molecule has 2 heterocycles. The summed E-state index contributed by atoms with van der Waals surface area (Å²) in [6, 6.07) is 21.4. The first kappa shape index (κ1) is 21.4. The molecule has 1 atom stereocenters. The summed E-state index contributed by atoms with van der Waals surface area (Å²) in [5, 5.41) is 4.91. The van der Waals surface area contributed by atoms with E-state index in [-0.39, 0.29) is 12.1 Å². The Morgan fingerprint density at radius 2 is 1.94 bits per heavy atom. The van der Waals surface area contributed by atoms with Gasteiger partial charge >= 0.3 is 6.03 Å². The van der Waals surface area contributed by atoms with E-state index in [4.69, 9.17) is 16.3 Å². The largest absolute Gasteiger partial charge is 0.492 e. The fraction of sp³-hybridized carbons (Fsp3) is 0.222. The van der Waals surface area contributed by atoms with Crippen LogP contribution in [0.3, 0.4) is 0 Å². The molecule has 0 fully saturated rings. The van der Waals surface area contributed by atoms with E-state index in [1.165, 1.54) is 11.1 Å². The number of amides is 2. The normalized spacial score (nSPS) is 15.4. The Hall–Kier alpha value is -3.44. The number of para-hydroxylation sites is 2. The van der Waals surface area contributed by atoms with Crippen LogP contribution in [0.1, 0.15) is 35.3 Å². The Balaban J connectivity index is 1.56. The van der Waals surface area contributed by atoms with Crippen molar-refractivity contribution in [2.45, 2.75) is 26.3 Å². The van der Waals surface area contributed by atoms with Crippen molar-refractivity contribution in [3.63, 3.8) is 0 Å². The minimum atomic E-state index is -0.236. The molecule has 2 amide bonds.